The van der Waals surface area contributed by atoms with Crippen molar-refractivity contribution in [2.45, 2.75) is 25.4 Å². The maximum absolute atomic E-state index is 12.4. The molecule has 1 saturated heterocycles. The Hall–Kier alpha value is -2.89. The largest absolute Gasteiger partial charge is 0.448 e. The zero-order chi connectivity index (χ0) is 17.2. The first-order valence-electron chi connectivity index (χ1n) is 8.51. The highest BCUT2D eigenvalue weighted by Gasteiger charge is 2.31. The van der Waals surface area contributed by atoms with Crippen LogP contribution in [0.2, 0.25) is 0 Å². The molecule has 25 heavy (non-hydrogen) atoms. The Labute approximate surface area is 145 Å². The number of rotatable bonds is 3. The van der Waals surface area contributed by atoms with Gasteiger partial charge in [0.15, 0.2) is 6.10 Å². The van der Waals surface area contributed by atoms with Crippen molar-refractivity contribution in [3.63, 3.8) is 0 Å². The Morgan fingerprint density at radius 1 is 1.16 bits per heavy atom. The molecule has 1 fully saturated rings. The second-order valence-corrected chi connectivity index (χ2v) is 6.34. The van der Waals surface area contributed by atoms with Gasteiger partial charge in [-0.3, -0.25) is 4.79 Å². The van der Waals surface area contributed by atoms with E-state index in [0.29, 0.717) is 17.7 Å². The average Bonchev–Trinajstić information content (AvgIpc) is 3.17. The number of anilines is 2. The van der Waals surface area contributed by atoms with E-state index in [1.807, 2.05) is 24.3 Å². The number of carbonyl (C=O) groups excluding carboxylic acids is 2. The van der Waals surface area contributed by atoms with E-state index in [2.05, 4.69) is 15.2 Å². The molecule has 0 unspecified atom stereocenters. The van der Waals surface area contributed by atoms with Crippen molar-refractivity contribution in [1.82, 2.24) is 4.98 Å². The van der Waals surface area contributed by atoms with Crippen LogP contribution in [0.1, 0.15) is 28.8 Å². The number of hydrogen-bond acceptors (Lipinski definition) is 5. The van der Waals surface area contributed by atoms with Gasteiger partial charge < -0.3 is 15.0 Å². The summed E-state index contributed by atoms with van der Waals surface area (Å²) in [5.41, 5.74) is 1.97. The van der Waals surface area contributed by atoms with Gasteiger partial charge in [0.2, 0.25) is 0 Å². The molecule has 2 aromatic rings. The standard InChI is InChI=1S/C19H19N3O3/c23-18(16-11-13-5-1-2-6-15(13)19(24)25-16)21-14-7-8-17(20-12-14)22-9-3-4-10-22/h1-2,5-8,12,16H,3-4,9-11H2,(H,21,23)/t16-/m0/s1. The summed E-state index contributed by atoms with van der Waals surface area (Å²) in [6.07, 6.45) is 3.58. The highest BCUT2D eigenvalue weighted by molar-refractivity contribution is 6.00. The highest BCUT2D eigenvalue weighted by atomic mass is 16.5. The SMILES string of the molecule is O=C1O[C@H](C(=O)Nc2ccc(N3CCCC3)nc2)Cc2ccccc21. The molecular formula is C19H19N3O3. The van der Waals surface area contributed by atoms with E-state index in [1.54, 1.807) is 18.3 Å². The van der Waals surface area contributed by atoms with E-state index < -0.39 is 12.1 Å². The van der Waals surface area contributed by atoms with Gasteiger partial charge >= 0.3 is 5.97 Å². The van der Waals surface area contributed by atoms with Crippen LogP contribution in [0.15, 0.2) is 42.6 Å². The third-order valence-electron chi connectivity index (χ3n) is 4.63. The Morgan fingerprint density at radius 2 is 1.96 bits per heavy atom. The molecule has 0 aliphatic carbocycles. The number of aromatic nitrogens is 1. The van der Waals surface area contributed by atoms with Crippen LogP contribution >= 0.6 is 0 Å². The molecule has 0 saturated carbocycles. The number of benzene rings is 1. The molecule has 2 aliphatic heterocycles. The third kappa shape index (κ3) is 3.20. The van der Waals surface area contributed by atoms with Gasteiger partial charge in [-0.15, -0.1) is 0 Å². The summed E-state index contributed by atoms with van der Waals surface area (Å²) in [7, 11) is 0. The summed E-state index contributed by atoms with van der Waals surface area (Å²) in [6.45, 7) is 2.05. The first kappa shape index (κ1) is 15.6. The van der Waals surface area contributed by atoms with E-state index >= 15 is 0 Å². The van der Waals surface area contributed by atoms with Crippen molar-refractivity contribution in [2.24, 2.45) is 0 Å². The Bertz CT molecular complexity index is 798. The van der Waals surface area contributed by atoms with Gasteiger partial charge in [0.05, 0.1) is 17.4 Å². The number of esters is 1. The maximum Gasteiger partial charge on any atom is 0.339 e. The predicted molar refractivity (Wildman–Crippen MR) is 93.7 cm³/mol. The lowest BCUT2D eigenvalue weighted by molar-refractivity contribution is -0.125. The number of fused-ring (bicyclic) bond motifs is 1. The highest BCUT2D eigenvalue weighted by Crippen LogP contribution is 2.22. The zero-order valence-electron chi connectivity index (χ0n) is 13.8. The van der Waals surface area contributed by atoms with Gasteiger partial charge in [0, 0.05) is 19.5 Å². The molecule has 1 amide bonds. The third-order valence-corrected chi connectivity index (χ3v) is 4.63. The molecule has 128 valence electrons. The van der Waals surface area contributed by atoms with Crippen molar-refractivity contribution < 1.29 is 14.3 Å². The van der Waals surface area contributed by atoms with E-state index in [9.17, 15) is 9.59 Å². The van der Waals surface area contributed by atoms with Gasteiger partial charge in [-0.1, -0.05) is 18.2 Å². The number of amides is 1. The van der Waals surface area contributed by atoms with E-state index in [0.717, 1.165) is 24.5 Å². The zero-order valence-corrected chi connectivity index (χ0v) is 13.8. The van der Waals surface area contributed by atoms with Crippen LogP contribution in [0.5, 0.6) is 0 Å². The van der Waals surface area contributed by atoms with E-state index in [-0.39, 0.29) is 5.91 Å². The molecule has 4 rings (SSSR count). The number of carbonyl (C=O) groups is 2. The summed E-state index contributed by atoms with van der Waals surface area (Å²) in [4.78, 5) is 31.1. The lowest BCUT2D eigenvalue weighted by Crippen LogP contribution is -2.38. The number of cyclic esters (lactones) is 1. The molecule has 6 nitrogen and oxygen atoms in total. The smallest absolute Gasteiger partial charge is 0.339 e. The first-order chi connectivity index (χ1) is 12.2. The molecule has 3 heterocycles. The molecule has 1 N–H and O–H groups in total. The van der Waals surface area contributed by atoms with Crippen molar-refractivity contribution in [1.29, 1.82) is 0 Å². The van der Waals surface area contributed by atoms with Crippen LogP contribution in [-0.2, 0) is 16.0 Å². The molecule has 1 atom stereocenters. The summed E-state index contributed by atoms with van der Waals surface area (Å²) in [5, 5.41) is 2.78. The molecule has 0 radical (unpaired) electrons. The second-order valence-electron chi connectivity index (χ2n) is 6.34. The fraction of sp³-hybridized carbons (Fsp3) is 0.316. The number of nitrogens with zero attached hydrogens (tertiary/aromatic N) is 2. The summed E-state index contributed by atoms with van der Waals surface area (Å²) < 4.78 is 5.27. The average molecular weight is 337 g/mol. The monoisotopic (exact) mass is 337 g/mol. The number of nitrogens with one attached hydrogen (secondary N) is 1. The molecule has 0 spiro atoms. The minimum absolute atomic E-state index is 0.335. The van der Waals surface area contributed by atoms with Gasteiger partial charge in [0.25, 0.3) is 5.91 Å². The van der Waals surface area contributed by atoms with Gasteiger partial charge in [0.1, 0.15) is 5.82 Å². The second kappa shape index (κ2) is 6.55. The molecule has 6 heteroatoms. The predicted octanol–water partition coefficient (Wildman–Crippen LogP) is 2.40. The molecule has 0 bridgehead atoms. The number of hydrogen-bond donors (Lipinski definition) is 1. The minimum atomic E-state index is -0.819. The molecule has 2 aliphatic rings. The maximum atomic E-state index is 12.4. The van der Waals surface area contributed by atoms with Crippen molar-refractivity contribution >= 4 is 23.4 Å². The van der Waals surface area contributed by atoms with Gasteiger partial charge in [-0.2, -0.15) is 0 Å². The van der Waals surface area contributed by atoms with Gasteiger partial charge in [-0.05, 0) is 36.6 Å². The fourth-order valence-electron chi connectivity index (χ4n) is 3.29. The van der Waals surface area contributed by atoms with Crippen LogP contribution < -0.4 is 10.2 Å². The molecule has 1 aromatic heterocycles. The lowest BCUT2D eigenvalue weighted by atomic mass is 9.98. The fourth-order valence-corrected chi connectivity index (χ4v) is 3.29. The van der Waals surface area contributed by atoms with E-state index in [1.165, 1.54) is 12.8 Å². The number of ether oxygens (including phenoxy) is 1. The summed E-state index contributed by atoms with van der Waals surface area (Å²) >= 11 is 0. The summed E-state index contributed by atoms with van der Waals surface area (Å²) in [6, 6.07) is 10.9. The van der Waals surface area contributed by atoms with E-state index in [4.69, 9.17) is 4.74 Å². The molecule has 1 aromatic carbocycles. The van der Waals surface area contributed by atoms with Crippen LogP contribution in [0.4, 0.5) is 11.5 Å². The van der Waals surface area contributed by atoms with Crippen molar-refractivity contribution in [2.75, 3.05) is 23.3 Å². The van der Waals surface area contributed by atoms with Crippen molar-refractivity contribution in [3.8, 4) is 0 Å². The van der Waals surface area contributed by atoms with Crippen LogP contribution in [0.25, 0.3) is 0 Å². The van der Waals surface area contributed by atoms with Crippen LogP contribution in [0.3, 0.4) is 0 Å². The van der Waals surface area contributed by atoms with Crippen LogP contribution in [-0.4, -0.2) is 36.1 Å². The van der Waals surface area contributed by atoms with Crippen molar-refractivity contribution in [3.05, 3.63) is 53.7 Å². The Balaban J connectivity index is 1.43. The summed E-state index contributed by atoms with van der Waals surface area (Å²) in [5.74, 6) is 0.136. The Morgan fingerprint density at radius 3 is 2.72 bits per heavy atom. The van der Waals surface area contributed by atoms with Gasteiger partial charge in [-0.25, -0.2) is 9.78 Å². The quantitative estimate of drug-likeness (QED) is 0.871. The van der Waals surface area contributed by atoms with Crippen LogP contribution in [0, 0.1) is 0 Å². The Kier molecular flexibility index (Phi) is 4.09. The minimum Gasteiger partial charge on any atom is -0.448 e. The topological polar surface area (TPSA) is 71.5 Å². The normalized spacial score (nSPS) is 19.3. The number of pyridine rings is 1. The first-order valence-corrected chi connectivity index (χ1v) is 8.51. The lowest BCUT2D eigenvalue weighted by Gasteiger charge is -2.23. The molecular weight excluding hydrogens is 318 g/mol.